The average molecular weight is 453 g/mol. The van der Waals surface area contributed by atoms with E-state index in [2.05, 4.69) is 20.6 Å². The summed E-state index contributed by atoms with van der Waals surface area (Å²) in [6.07, 6.45) is 2.26. The molecule has 9 heteroatoms. The Balaban J connectivity index is 1.58. The van der Waals surface area contributed by atoms with Crippen molar-refractivity contribution in [3.63, 3.8) is 0 Å². The van der Waals surface area contributed by atoms with Gasteiger partial charge in [-0.2, -0.15) is 0 Å². The number of ether oxygens (including phenoxy) is 1. The van der Waals surface area contributed by atoms with Crippen molar-refractivity contribution in [3.05, 3.63) is 75.7 Å². The average Bonchev–Trinajstić information content (AvgIpc) is 2.79. The van der Waals surface area contributed by atoms with Crippen molar-refractivity contribution >= 4 is 35.0 Å². The molecule has 2 aromatic carbocycles. The van der Waals surface area contributed by atoms with Crippen LogP contribution in [0.2, 0.25) is 0 Å². The largest absolute Gasteiger partial charge is 0.495 e. The van der Waals surface area contributed by atoms with Gasteiger partial charge in [-0.1, -0.05) is 23.9 Å². The lowest BCUT2D eigenvalue weighted by Crippen LogP contribution is -2.20. The zero-order valence-corrected chi connectivity index (χ0v) is 18.8. The van der Waals surface area contributed by atoms with E-state index in [-0.39, 0.29) is 30.2 Å². The first-order chi connectivity index (χ1) is 15.4. The van der Waals surface area contributed by atoms with Gasteiger partial charge in [-0.25, -0.2) is 4.98 Å². The van der Waals surface area contributed by atoms with Crippen molar-refractivity contribution in [1.29, 1.82) is 0 Å². The fourth-order valence-corrected chi connectivity index (χ4v) is 3.51. The number of H-pyrrole nitrogens is 1. The van der Waals surface area contributed by atoms with Crippen molar-refractivity contribution in [2.75, 3.05) is 24.0 Å². The van der Waals surface area contributed by atoms with Crippen LogP contribution in [0.3, 0.4) is 0 Å². The topological polar surface area (TPSA) is 113 Å². The highest BCUT2D eigenvalue weighted by atomic mass is 32.2. The standard InChI is InChI=1S/C23H24N4O4S/c1-14-17(22(30)27-23(24-14)32-3)12-13-20(28)25-16-10-8-15(9-11-16)21(29)26-18-6-4-5-7-19(18)31-2/h4-11H,12-13H2,1-3H3,(H,25,28)(H,26,29)(H,24,27,30). The second kappa shape index (κ2) is 10.6. The minimum absolute atomic E-state index is 0.139. The molecule has 0 unspecified atom stereocenters. The monoisotopic (exact) mass is 452 g/mol. The van der Waals surface area contributed by atoms with E-state index in [1.54, 1.807) is 49.4 Å². The number of nitrogens with one attached hydrogen (secondary N) is 3. The van der Waals surface area contributed by atoms with E-state index in [4.69, 9.17) is 4.74 Å². The van der Waals surface area contributed by atoms with Crippen LogP contribution in [0, 0.1) is 6.92 Å². The number of carbonyl (C=O) groups is 2. The number of amides is 2. The smallest absolute Gasteiger partial charge is 0.255 e. The Morgan fingerprint density at radius 3 is 2.47 bits per heavy atom. The number of nitrogens with zero attached hydrogens (tertiary/aromatic N) is 1. The normalized spacial score (nSPS) is 10.5. The van der Waals surface area contributed by atoms with Crippen molar-refractivity contribution in [2.24, 2.45) is 0 Å². The van der Waals surface area contributed by atoms with Gasteiger partial charge in [-0.15, -0.1) is 0 Å². The molecule has 0 aliphatic carbocycles. The van der Waals surface area contributed by atoms with Gasteiger partial charge in [0, 0.05) is 28.9 Å². The molecule has 1 heterocycles. The van der Waals surface area contributed by atoms with Gasteiger partial charge in [0.05, 0.1) is 12.8 Å². The molecule has 0 saturated carbocycles. The Morgan fingerprint density at radius 1 is 1.09 bits per heavy atom. The van der Waals surface area contributed by atoms with Crippen LogP contribution >= 0.6 is 11.8 Å². The molecule has 0 spiro atoms. The van der Waals surface area contributed by atoms with E-state index < -0.39 is 0 Å². The SMILES string of the molecule is COc1ccccc1NC(=O)c1ccc(NC(=O)CCc2c(C)nc(SC)[nH]c2=O)cc1. The van der Waals surface area contributed by atoms with Crippen LogP contribution in [-0.4, -0.2) is 35.1 Å². The van der Waals surface area contributed by atoms with Gasteiger partial charge in [-0.3, -0.25) is 14.4 Å². The highest BCUT2D eigenvalue weighted by Crippen LogP contribution is 2.24. The Hall–Kier alpha value is -3.59. The molecule has 3 aromatic rings. The number of methoxy groups -OCH3 is 1. The van der Waals surface area contributed by atoms with Gasteiger partial charge >= 0.3 is 0 Å². The number of hydrogen-bond acceptors (Lipinski definition) is 6. The molecule has 1 aromatic heterocycles. The summed E-state index contributed by atoms with van der Waals surface area (Å²) in [5, 5.41) is 6.14. The number of rotatable bonds is 8. The summed E-state index contributed by atoms with van der Waals surface area (Å²) in [7, 11) is 1.54. The number of thioether (sulfide) groups is 1. The summed E-state index contributed by atoms with van der Waals surface area (Å²) in [6, 6.07) is 13.7. The third kappa shape index (κ3) is 5.76. The van der Waals surface area contributed by atoms with Crippen LogP contribution in [0.1, 0.15) is 28.0 Å². The Kier molecular flexibility index (Phi) is 7.67. The summed E-state index contributed by atoms with van der Waals surface area (Å²) in [5.41, 5.74) is 2.47. The maximum atomic E-state index is 12.5. The predicted molar refractivity (Wildman–Crippen MR) is 126 cm³/mol. The van der Waals surface area contributed by atoms with Crippen molar-refractivity contribution in [2.45, 2.75) is 24.9 Å². The molecule has 0 aliphatic heterocycles. The van der Waals surface area contributed by atoms with E-state index in [0.717, 1.165) is 0 Å². The number of para-hydroxylation sites is 2. The molecule has 3 N–H and O–H groups in total. The molecule has 0 fully saturated rings. The number of hydrogen-bond donors (Lipinski definition) is 3. The summed E-state index contributed by atoms with van der Waals surface area (Å²) in [6.45, 7) is 1.76. The Bertz CT molecular complexity index is 1180. The highest BCUT2D eigenvalue weighted by molar-refractivity contribution is 7.98. The molecular weight excluding hydrogens is 428 g/mol. The molecule has 2 amide bonds. The summed E-state index contributed by atoms with van der Waals surface area (Å²) < 4.78 is 5.24. The maximum Gasteiger partial charge on any atom is 0.255 e. The van der Waals surface area contributed by atoms with Crippen LogP contribution in [0.25, 0.3) is 0 Å². The van der Waals surface area contributed by atoms with Crippen LogP contribution in [-0.2, 0) is 11.2 Å². The lowest BCUT2D eigenvalue weighted by atomic mass is 10.1. The first kappa shape index (κ1) is 23.1. The van der Waals surface area contributed by atoms with Crippen molar-refractivity contribution < 1.29 is 14.3 Å². The number of benzene rings is 2. The number of aryl methyl sites for hydroxylation is 1. The molecule has 0 bridgehead atoms. The lowest BCUT2D eigenvalue weighted by Gasteiger charge is -2.10. The van der Waals surface area contributed by atoms with Gasteiger partial charge < -0.3 is 20.4 Å². The van der Waals surface area contributed by atoms with Crippen LogP contribution < -0.4 is 20.9 Å². The molecular formula is C23H24N4O4S. The first-order valence-corrected chi connectivity index (χ1v) is 11.1. The van der Waals surface area contributed by atoms with Gasteiger partial charge in [0.2, 0.25) is 5.91 Å². The highest BCUT2D eigenvalue weighted by Gasteiger charge is 2.12. The molecule has 0 saturated heterocycles. The Labute approximate surface area is 189 Å². The van der Waals surface area contributed by atoms with E-state index in [0.29, 0.717) is 39.1 Å². The number of aromatic nitrogens is 2. The minimum Gasteiger partial charge on any atom is -0.495 e. The molecule has 32 heavy (non-hydrogen) atoms. The fraction of sp³-hybridized carbons (Fsp3) is 0.217. The van der Waals surface area contributed by atoms with Crippen LogP contribution in [0.5, 0.6) is 5.75 Å². The number of anilines is 2. The van der Waals surface area contributed by atoms with Gasteiger partial charge in [-0.05, 0) is 56.0 Å². The summed E-state index contributed by atoms with van der Waals surface area (Å²) in [5.74, 6) is 0.0457. The first-order valence-electron chi connectivity index (χ1n) is 9.89. The van der Waals surface area contributed by atoms with Gasteiger partial charge in [0.25, 0.3) is 11.5 Å². The molecule has 0 atom stereocenters. The number of carbonyl (C=O) groups excluding carboxylic acids is 2. The van der Waals surface area contributed by atoms with E-state index in [1.807, 2.05) is 12.3 Å². The van der Waals surface area contributed by atoms with E-state index in [1.165, 1.54) is 18.9 Å². The molecule has 0 radical (unpaired) electrons. The van der Waals surface area contributed by atoms with Crippen LogP contribution in [0.4, 0.5) is 11.4 Å². The lowest BCUT2D eigenvalue weighted by molar-refractivity contribution is -0.116. The van der Waals surface area contributed by atoms with Crippen LogP contribution in [0.15, 0.2) is 58.5 Å². The van der Waals surface area contributed by atoms with Crippen molar-refractivity contribution in [1.82, 2.24) is 9.97 Å². The van der Waals surface area contributed by atoms with Crippen molar-refractivity contribution in [3.8, 4) is 5.75 Å². The number of aromatic amines is 1. The molecule has 8 nitrogen and oxygen atoms in total. The Morgan fingerprint density at radius 2 is 1.81 bits per heavy atom. The second-order valence-electron chi connectivity index (χ2n) is 6.92. The third-order valence-electron chi connectivity index (χ3n) is 4.78. The van der Waals surface area contributed by atoms with E-state index in [9.17, 15) is 14.4 Å². The van der Waals surface area contributed by atoms with Gasteiger partial charge in [0.15, 0.2) is 5.16 Å². The maximum absolute atomic E-state index is 12.5. The quantitative estimate of drug-likeness (QED) is 0.355. The zero-order chi connectivity index (χ0) is 23.1. The third-order valence-corrected chi connectivity index (χ3v) is 5.36. The molecule has 0 aliphatic rings. The fourth-order valence-electron chi connectivity index (χ4n) is 3.09. The minimum atomic E-state index is -0.289. The summed E-state index contributed by atoms with van der Waals surface area (Å²) >= 11 is 1.36. The van der Waals surface area contributed by atoms with Gasteiger partial charge in [0.1, 0.15) is 5.75 Å². The zero-order valence-electron chi connectivity index (χ0n) is 18.0. The second-order valence-corrected chi connectivity index (χ2v) is 7.71. The molecule has 166 valence electrons. The summed E-state index contributed by atoms with van der Waals surface area (Å²) in [4.78, 5) is 44.0. The predicted octanol–water partition coefficient (Wildman–Crippen LogP) is 3.63. The molecule has 3 rings (SSSR count). The van der Waals surface area contributed by atoms with E-state index >= 15 is 0 Å².